The molecule has 3 rings (SSSR count). The van der Waals surface area contributed by atoms with Crippen LogP contribution in [0.15, 0.2) is 39.9 Å². The lowest BCUT2D eigenvalue weighted by Gasteiger charge is -2.24. The zero-order valence-electron chi connectivity index (χ0n) is 14.2. The van der Waals surface area contributed by atoms with Gasteiger partial charge in [0.05, 0.1) is 6.10 Å². The SMILES string of the molecule is O=C(NCC1CN(Cc2ccccc2)CCCO1)c1n[nH]c(=O)[nH]c1=O. The van der Waals surface area contributed by atoms with Crippen molar-refractivity contribution in [1.29, 1.82) is 0 Å². The Labute approximate surface area is 149 Å². The second-order valence-corrected chi connectivity index (χ2v) is 6.13. The zero-order valence-corrected chi connectivity index (χ0v) is 14.2. The molecule has 1 aromatic carbocycles. The number of carbonyl (C=O) groups is 1. The summed E-state index contributed by atoms with van der Waals surface area (Å²) in [6.07, 6.45) is 0.727. The lowest BCUT2D eigenvalue weighted by Crippen LogP contribution is -2.42. The number of ether oxygens (including phenoxy) is 1. The summed E-state index contributed by atoms with van der Waals surface area (Å²) in [5.74, 6) is -0.648. The Hall–Kier alpha value is -2.78. The minimum absolute atomic E-state index is 0.188. The Bertz CT molecular complexity index is 848. The Morgan fingerprint density at radius 1 is 1.31 bits per heavy atom. The molecule has 0 radical (unpaired) electrons. The van der Waals surface area contributed by atoms with E-state index in [1.165, 1.54) is 5.56 Å². The van der Waals surface area contributed by atoms with Gasteiger partial charge in [-0.2, -0.15) is 5.10 Å². The molecule has 1 aromatic heterocycles. The number of amides is 1. The molecule has 0 spiro atoms. The van der Waals surface area contributed by atoms with Crippen molar-refractivity contribution < 1.29 is 9.53 Å². The summed E-state index contributed by atoms with van der Waals surface area (Å²) in [7, 11) is 0. The molecular weight excluding hydrogens is 338 g/mol. The lowest BCUT2D eigenvalue weighted by atomic mass is 10.2. The van der Waals surface area contributed by atoms with E-state index in [2.05, 4.69) is 27.4 Å². The van der Waals surface area contributed by atoms with Crippen LogP contribution in [0.1, 0.15) is 22.5 Å². The van der Waals surface area contributed by atoms with Gasteiger partial charge in [-0.05, 0) is 12.0 Å². The van der Waals surface area contributed by atoms with Gasteiger partial charge in [0.1, 0.15) is 0 Å². The Kier molecular flexibility index (Phi) is 5.92. The van der Waals surface area contributed by atoms with Gasteiger partial charge in [-0.3, -0.25) is 19.5 Å². The first-order valence-corrected chi connectivity index (χ1v) is 8.47. The lowest BCUT2D eigenvalue weighted by molar-refractivity contribution is 0.0509. The molecule has 26 heavy (non-hydrogen) atoms. The molecule has 2 aromatic rings. The van der Waals surface area contributed by atoms with Crippen LogP contribution in [0.4, 0.5) is 0 Å². The number of H-pyrrole nitrogens is 2. The minimum Gasteiger partial charge on any atom is -0.375 e. The standard InChI is InChI=1S/C17H21N5O4/c23-15(14-16(24)19-17(25)21-20-14)18-9-13-11-22(7-4-8-26-13)10-12-5-2-1-3-6-12/h1-3,5-6,13H,4,7-11H2,(H,18,23)(H2,19,21,24,25). The predicted octanol–water partition coefficient (Wildman–Crippen LogP) is -0.521. The number of benzene rings is 1. The molecule has 9 heteroatoms. The molecule has 1 amide bonds. The van der Waals surface area contributed by atoms with E-state index in [-0.39, 0.29) is 18.3 Å². The van der Waals surface area contributed by atoms with Gasteiger partial charge in [0.2, 0.25) is 5.69 Å². The van der Waals surface area contributed by atoms with Gasteiger partial charge in [0.15, 0.2) is 0 Å². The number of aromatic nitrogens is 3. The van der Waals surface area contributed by atoms with Crippen molar-refractivity contribution in [2.75, 3.05) is 26.2 Å². The van der Waals surface area contributed by atoms with Crippen molar-refractivity contribution >= 4 is 5.91 Å². The van der Waals surface area contributed by atoms with E-state index >= 15 is 0 Å². The Morgan fingerprint density at radius 3 is 2.88 bits per heavy atom. The normalized spacial score (nSPS) is 18.2. The first kappa shape index (κ1) is 18.0. The van der Waals surface area contributed by atoms with Crippen LogP contribution in [-0.2, 0) is 11.3 Å². The molecule has 0 aliphatic carbocycles. The van der Waals surface area contributed by atoms with E-state index in [9.17, 15) is 14.4 Å². The maximum absolute atomic E-state index is 12.1. The maximum Gasteiger partial charge on any atom is 0.342 e. The Balaban J connectivity index is 1.57. The van der Waals surface area contributed by atoms with Gasteiger partial charge in [-0.15, -0.1) is 0 Å². The summed E-state index contributed by atoms with van der Waals surface area (Å²) < 4.78 is 5.79. The van der Waals surface area contributed by atoms with E-state index in [0.29, 0.717) is 13.2 Å². The number of hydrogen-bond acceptors (Lipinski definition) is 6. The largest absolute Gasteiger partial charge is 0.375 e. The first-order valence-electron chi connectivity index (χ1n) is 8.47. The quantitative estimate of drug-likeness (QED) is 0.661. The van der Waals surface area contributed by atoms with Gasteiger partial charge in [-0.25, -0.2) is 9.89 Å². The van der Waals surface area contributed by atoms with E-state index in [4.69, 9.17) is 4.74 Å². The van der Waals surface area contributed by atoms with E-state index in [1.54, 1.807) is 0 Å². The zero-order chi connectivity index (χ0) is 18.4. The fraction of sp³-hybridized carbons (Fsp3) is 0.412. The highest BCUT2D eigenvalue weighted by Crippen LogP contribution is 2.10. The smallest absolute Gasteiger partial charge is 0.342 e. The van der Waals surface area contributed by atoms with Crippen molar-refractivity contribution in [2.24, 2.45) is 0 Å². The van der Waals surface area contributed by atoms with E-state index < -0.39 is 17.2 Å². The van der Waals surface area contributed by atoms with Crippen LogP contribution in [0, 0.1) is 0 Å². The number of carbonyl (C=O) groups excluding carboxylic acids is 1. The molecule has 0 bridgehead atoms. The van der Waals surface area contributed by atoms with Crippen LogP contribution in [0.5, 0.6) is 0 Å². The fourth-order valence-electron chi connectivity index (χ4n) is 2.87. The second-order valence-electron chi connectivity index (χ2n) is 6.13. The molecule has 1 aliphatic rings. The predicted molar refractivity (Wildman–Crippen MR) is 93.9 cm³/mol. The third kappa shape index (κ3) is 4.87. The van der Waals surface area contributed by atoms with E-state index in [1.807, 2.05) is 28.3 Å². The topological polar surface area (TPSA) is 120 Å². The highest BCUT2D eigenvalue weighted by molar-refractivity contribution is 5.91. The molecule has 2 heterocycles. The van der Waals surface area contributed by atoms with Crippen LogP contribution in [0.25, 0.3) is 0 Å². The average Bonchev–Trinajstić information content (AvgIpc) is 2.85. The molecular formula is C17H21N5O4. The molecule has 9 nitrogen and oxygen atoms in total. The molecule has 3 N–H and O–H groups in total. The summed E-state index contributed by atoms with van der Waals surface area (Å²) in [5.41, 5.74) is -0.727. The molecule has 138 valence electrons. The van der Waals surface area contributed by atoms with Crippen molar-refractivity contribution in [3.8, 4) is 0 Å². The maximum atomic E-state index is 12.1. The molecule has 1 atom stereocenters. The number of hydrogen-bond donors (Lipinski definition) is 3. The summed E-state index contributed by atoms with van der Waals surface area (Å²) >= 11 is 0. The molecule has 1 saturated heterocycles. The number of nitrogens with zero attached hydrogens (tertiary/aromatic N) is 2. The fourth-order valence-corrected chi connectivity index (χ4v) is 2.87. The van der Waals surface area contributed by atoms with Gasteiger partial charge in [-0.1, -0.05) is 30.3 Å². The summed E-state index contributed by atoms with van der Waals surface area (Å²) in [5, 5.41) is 8.17. The summed E-state index contributed by atoms with van der Waals surface area (Å²) in [6.45, 7) is 3.27. The third-order valence-corrected chi connectivity index (χ3v) is 4.10. The van der Waals surface area contributed by atoms with Crippen molar-refractivity contribution in [1.82, 2.24) is 25.4 Å². The van der Waals surface area contributed by atoms with E-state index in [0.717, 1.165) is 19.5 Å². The average molecular weight is 359 g/mol. The third-order valence-electron chi connectivity index (χ3n) is 4.10. The summed E-state index contributed by atoms with van der Waals surface area (Å²) in [6, 6.07) is 10.2. The highest BCUT2D eigenvalue weighted by Gasteiger charge is 2.21. The summed E-state index contributed by atoms with van der Waals surface area (Å²) in [4.78, 5) is 38.9. The number of rotatable bonds is 5. The van der Waals surface area contributed by atoms with Crippen molar-refractivity contribution in [3.05, 3.63) is 62.4 Å². The number of aromatic amines is 2. The van der Waals surface area contributed by atoms with Crippen LogP contribution in [0.2, 0.25) is 0 Å². The first-order chi connectivity index (χ1) is 12.6. The highest BCUT2D eigenvalue weighted by atomic mass is 16.5. The molecule has 0 saturated carbocycles. The van der Waals surface area contributed by atoms with Gasteiger partial charge in [0.25, 0.3) is 11.5 Å². The van der Waals surface area contributed by atoms with Crippen molar-refractivity contribution in [2.45, 2.75) is 19.1 Å². The number of nitrogens with one attached hydrogen (secondary N) is 3. The van der Waals surface area contributed by atoms with Gasteiger partial charge >= 0.3 is 5.69 Å². The monoisotopic (exact) mass is 359 g/mol. The Morgan fingerprint density at radius 2 is 2.12 bits per heavy atom. The van der Waals surface area contributed by atoms with Crippen LogP contribution >= 0.6 is 0 Å². The van der Waals surface area contributed by atoms with Gasteiger partial charge < -0.3 is 10.1 Å². The molecule has 1 unspecified atom stereocenters. The molecule has 1 aliphatic heterocycles. The minimum atomic E-state index is -0.821. The van der Waals surface area contributed by atoms with Crippen LogP contribution < -0.4 is 16.6 Å². The second kappa shape index (κ2) is 8.54. The van der Waals surface area contributed by atoms with Crippen LogP contribution in [-0.4, -0.2) is 58.3 Å². The van der Waals surface area contributed by atoms with Gasteiger partial charge in [0, 0.05) is 32.8 Å². The molecule has 1 fully saturated rings. The van der Waals surface area contributed by atoms with Crippen molar-refractivity contribution in [3.63, 3.8) is 0 Å². The van der Waals surface area contributed by atoms with Crippen LogP contribution in [0.3, 0.4) is 0 Å².